The maximum Gasteiger partial charge on any atom is 0.234 e. The summed E-state index contributed by atoms with van der Waals surface area (Å²) >= 11 is 1.18. The minimum absolute atomic E-state index is 0.0229. The van der Waals surface area contributed by atoms with Crippen LogP contribution in [0.4, 0.5) is 20.2 Å². The Hall–Kier alpha value is -2.69. The van der Waals surface area contributed by atoms with E-state index >= 15 is 0 Å². The summed E-state index contributed by atoms with van der Waals surface area (Å²) in [5.74, 6) is -2.41. The summed E-state index contributed by atoms with van der Waals surface area (Å²) in [7, 11) is 0. The van der Waals surface area contributed by atoms with Gasteiger partial charge in [-0.05, 0) is 24.3 Å². The van der Waals surface area contributed by atoms with E-state index in [4.69, 9.17) is 0 Å². The summed E-state index contributed by atoms with van der Waals surface area (Å²) in [6, 6.07) is 12.6. The van der Waals surface area contributed by atoms with E-state index in [9.17, 15) is 18.4 Å². The van der Waals surface area contributed by atoms with Gasteiger partial charge in [0, 0.05) is 12.6 Å². The molecule has 2 aliphatic rings. The first-order valence-corrected chi connectivity index (χ1v) is 10.1. The number of nitrogens with one attached hydrogen (secondary N) is 4. The molecule has 7 nitrogen and oxygen atoms in total. The molecule has 2 aliphatic heterocycles. The highest BCUT2D eigenvalue weighted by Gasteiger charge is 2.44. The number of anilines is 2. The summed E-state index contributed by atoms with van der Waals surface area (Å²) < 4.78 is 26.6. The number of carbonyl (C=O) groups is 2. The van der Waals surface area contributed by atoms with Crippen molar-refractivity contribution >= 4 is 35.0 Å². The quantitative estimate of drug-likeness (QED) is 0.589. The zero-order valence-corrected chi connectivity index (χ0v) is 16.0. The van der Waals surface area contributed by atoms with Gasteiger partial charge in [-0.3, -0.25) is 19.9 Å². The van der Waals surface area contributed by atoms with Crippen LogP contribution in [0.1, 0.15) is 0 Å². The third-order valence-electron chi connectivity index (χ3n) is 4.69. The number of nitrogens with zero attached hydrogens (tertiary/aromatic N) is 1. The van der Waals surface area contributed by atoms with Crippen molar-refractivity contribution in [3.05, 3.63) is 60.2 Å². The Kier molecular flexibility index (Phi) is 5.65. The molecule has 3 unspecified atom stereocenters. The van der Waals surface area contributed by atoms with Crippen molar-refractivity contribution in [2.75, 3.05) is 22.6 Å². The SMILES string of the molecule is O=C(CSC1NC(=O)C2CNN(c3ccccc3)C2N1)Nc1ccc(F)cc1F. The lowest BCUT2D eigenvalue weighted by atomic mass is 10.1. The van der Waals surface area contributed by atoms with Gasteiger partial charge in [-0.25, -0.2) is 14.2 Å². The number of hydrazine groups is 1. The number of fused-ring (bicyclic) bond motifs is 1. The topological polar surface area (TPSA) is 85.5 Å². The van der Waals surface area contributed by atoms with Gasteiger partial charge in [0.25, 0.3) is 0 Å². The average Bonchev–Trinajstić information content (AvgIpc) is 3.14. The number of amides is 2. The number of hydrogen-bond donors (Lipinski definition) is 4. The number of benzene rings is 2. The van der Waals surface area contributed by atoms with Crippen LogP contribution in [0, 0.1) is 17.6 Å². The molecular weight excluding hydrogens is 400 g/mol. The molecule has 152 valence electrons. The first kappa shape index (κ1) is 19.6. The Morgan fingerprint density at radius 2 is 2.00 bits per heavy atom. The van der Waals surface area contributed by atoms with Crippen LogP contribution < -0.4 is 26.4 Å². The lowest BCUT2D eigenvalue weighted by Crippen LogP contribution is -2.63. The van der Waals surface area contributed by atoms with Crippen LogP contribution in [-0.2, 0) is 9.59 Å². The van der Waals surface area contributed by atoms with Gasteiger partial charge in [0.05, 0.1) is 23.0 Å². The summed E-state index contributed by atoms with van der Waals surface area (Å²) in [5.41, 5.74) is 3.57. The highest BCUT2D eigenvalue weighted by molar-refractivity contribution is 8.00. The monoisotopic (exact) mass is 419 g/mol. The van der Waals surface area contributed by atoms with E-state index in [1.807, 2.05) is 35.3 Å². The third-order valence-corrected chi connectivity index (χ3v) is 5.71. The van der Waals surface area contributed by atoms with Crippen LogP contribution in [0.25, 0.3) is 0 Å². The first-order chi connectivity index (χ1) is 14.0. The van der Waals surface area contributed by atoms with Gasteiger partial charge < -0.3 is 10.6 Å². The number of hydrogen-bond acceptors (Lipinski definition) is 6. The summed E-state index contributed by atoms with van der Waals surface area (Å²) in [4.78, 5) is 24.6. The van der Waals surface area contributed by atoms with E-state index in [2.05, 4.69) is 21.4 Å². The summed E-state index contributed by atoms with van der Waals surface area (Å²) in [6.45, 7) is 0.500. The van der Waals surface area contributed by atoms with E-state index in [-0.39, 0.29) is 29.4 Å². The Balaban J connectivity index is 1.36. The molecule has 4 N–H and O–H groups in total. The molecule has 2 saturated heterocycles. The molecule has 2 amide bonds. The lowest BCUT2D eigenvalue weighted by Gasteiger charge is -2.37. The van der Waals surface area contributed by atoms with Gasteiger partial charge in [0.15, 0.2) is 0 Å². The van der Waals surface area contributed by atoms with Gasteiger partial charge >= 0.3 is 0 Å². The molecule has 0 aromatic heterocycles. The van der Waals surface area contributed by atoms with Gasteiger partial charge in [-0.15, -0.1) is 11.8 Å². The fourth-order valence-corrected chi connectivity index (χ4v) is 4.14. The van der Waals surface area contributed by atoms with Crippen LogP contribution >= 0.6 is 11.8 Å². The van der Waals surface area contributed by atoms with Crippen molar-refractivity contribution < 1.29 is 18.4 Å². The van der Waals surface area contributed by atoms with E-state index < -0.39 is 23.0 Å². The third kappa shape index (κ3) is 4.34. The minimum Gasteiger partial charge on any atom is -0.331 e. The van der Waals surface area contributed by atoms with Crippen LogP contribution in [0.5, 0.6) is 0 Å². The Morgan fingerprint density at radius 3 is 2.76 bits per heavy atom. The molecule has 4 rings (SSSR count). The second-order valence-electron chi connectivity index (χ2n) is 6.66. The highest BCUT2D eigenvalue weighted by Crippen LogP contribution is 2.26. The average molecular weight is 419 g/mol. The van der Waals surface area contributed by atoms with E-state index in [0.29, 0.717) is 12.6 Å². The van der Waals surface area contributed by atoms with Crippen molar-refractivity contribution in [1.29, 1.82) is 0 Å². The number of halogens is 2. The van der Waals surface area contributed by atoms with Gasteiger partial charge in [0.2, 0.25) is 11.8 Å². The number of rotatable bonds is 5. The maximum atomic E-state index is 13.7. The lowest BCUT2D eigenvalue weighted by molar-refractivity contribution is -0.127. The van der Waals surface area contributed by atoms with Crippen molar-refractivity contribution in [2.45, 2.75) is 11.7 Å². The minimum atomic E-state index is -0.842. The molecule has 2 fully saturated rings. The molecule has 29 heavy (non-hydrogen) atoms. The summed E-state index contributed by atoms with van der Waals surface area (Å²) in [6.07, 6.45) is -0.263. The maximum absolute atomic E-state index is 13.7. The zero-order valence-electron chi connectivity index (χ0n) is 15.2. The molecule has 0 saturated carbocycles. The van der Waals surface area contributed by atoms with Gasteiger partial charge in [-0.2, -0.15) is 0 Å². The van der Waals surface area contributed by atoms with Crippen molar-refractivity contribution in [3.63, 3.8) is 0 Å². The fourth-order valence-electron chi connectivity index (χ4n) is 3.31. The number of carbonyl (C=O) groups excluding carboxylic acids is 2. The molecular formula is C19H19F2N5O2S. The molecule has 3 atom stereocenters. The second kappa shape index (κ2) is 8.36. The molecule has 2 heterocycles. The predicted molar refractivity (Wildman–Crippen MR) is 107 cm³/mol. The Morgan fingerprint density at radius 1 is 1.21 bits per heavy atom. The predicted octanol–water partition coefficient (Wildman–Crippen LogP) is 1.61. The largest absolute Gasteiger partial charge is 0.331 e. The van der Waals surface area contributed by atoms with Crippen molar-refractivity contribution in [1.82, 2.24) is 16.1 Å². The van der Waals surface area contributed by atoms with E-state index in [1.54, 1.807) is 0 Å². The molecule has 0 radical (unpaired) electrons. The van der Waals surface area contributed by atoms with Crippen LogP contribution in [0.15, 0.2) is 48.5 Å². The fraction of sp³-hybridized carbons (Fsp3) is 0.263. The van der Waals surface area contributed by atoms with Crippen LogP contribution in [-0.4, -0.2) is 35.8 Å². The molecule has 0 bridgehead atoms. The van der Waals surface area contributed by atoms with Crippen LogP contribution in [0.3, 0.4) is 0 Å². The summed E-state index contributed by atoms with van der Waals surface area (Å²) in [5, 5.41) is 10.5. The second-order valence-corrected chi connectivity index (χ2v) is 7.75. The molecule has 2 aromatic carbocycles. The van der Waals surface area contributed by atoms with E-state index in [0.717, 1.165) is 11.8 Å². The molecule has 0 aliphatic carbocycles. The Bertz CT molecular complexity index is 917. The number of thioether (sulfide) groups is 1. The van der Waals surface area contributed by atoms with Crippen molar-refractivity contribution in [2.24, 2.45) is 5.92 Å². The molecule has 2 aromatic rings. The molecule has 0 spiro atoms. The normalized spacial score (nSPS) is 23.4. The highest BCUT2D eigenvalue weighted by atomic mass is 32.2. The van der Waals surface area contributed by atoms with E-state index in [1.165, 1.54) is 17.8 Å². The first-order valence-electron chi connectivity index (χ1n) is 9.02. The van der Waals surface area contributed by atoms with Gasteiger partial charge in [-0.1, -0.05) is 18.2 Å². The smallest absolute Gasteiger partial charge is 0.234 e. The standard InChI is InChI=1S/C19H19F2N5O2S/c20-11-6-7-15(14(21)8-11)23-16(27)10-29-19-24-17-13(18(28)25-19)9-22-26(17)12-4-2-1-3-5-12/h1-8,13,17,19,22,24H,9-10H2,(H,23,27)(H,25,28). The zero-order chi connectivity index (χ0) is 20.4. The van der Waals surface area contributed by atoms with Crippen LogP contribution in [0.2, 0.25) is 0 Å². The number of para-hydroxylation sites is 1. The van der Waals surface area contributed by atoms with Crippen molar-refractivity contribution in [3.8, 4) is 0 Å². The molecule has 10 heteroatoms. The van der Waals surface area contributed by atoms with Gasteiger partial charge in [0.1, 0.15) is 23.3 Å². The Labute approximate surface area is 170 Å².